The van der Waals surface area contributed by atoms with Crippen LogP contribution >= 0.6 is 0 Å². The number of hydrogen-bond donors (Lipinski definition) is 2. The van der Waals surface area contributed by atoms with Crippen LogP contribution in [-0.4, -0.2) is 37.2 Å². The van der Waals surface area contributed by atoms with Crippen molar-refractivity contribution >= 4 is 0 Å². The number of aliphatic hydroxyl groups is 1. The fourth-order valence-electron chi connectivity index (χ4n) is 2.62. The Bertz CT molecular complexity index is 710. The minimum atomic E-state index is -0.673. The molecule has 0 aromatic heterocycles. The molecule has 0 spiro atoms. The third-order valence-corrected chi connectivity index (χ3v) is 3.97. The molecule has 0 radical (unpaired) electrons. The first-order chi connectivity index (χ1) is 12.1. The van der Waals surface area contributed by atoms with Gasteiger partial charge in [-0.15, -0.1) is 0 Å². The van der Waals surface area contributed by atoms with Crippen molar-refractivity contribution in [3.05, 3.63) is 53.8 Å². The Kier molecular flexibility index (Phi) is 5.73. The number of aliphatic hydroxyl groups excluding tert-OH is 1. The van der Waals surface area contributed by atoms with E-state index < -0.39 is 6.10 Å². The van der Waals surface area contributed by atoms with E-state index in [-0.39, 0.29) is 25.3 Å². The monoisotopic (exact) mass is 347 g/mol. The van der Waals surface area contributed by atoms with Crippen LogP contribution in [0.4, 0.5) is 4.39 Å². The zero-order chi connectivity index (χ0) is 17.6. The molecule has 2 N–H and O–H groups in total. The number of ether oxygens (including phenoxy) is 3. The molecule has 0 bridgehead atoms. The third-order valence-electron chi connectivity index (χ3n) is 3.97. The van der Waals surface area contributed by atoms with E-state index in [2.05, 4.69) is 5.32 Å². The largest absolute Gasteiger partial charge is 0.491 e. The highest BCUT2D eigenvalue weighted by Crippen LogP contribution is 2.35. The van der Waals surface area contributed by atoms with Crippen molar-refractivity contribution in [1.82, 2.24) is 5.32 Å². The summed E-state index contributed by atoms with van der Waals surface area (Å²) < 4.78 is 29.7. The summed E-state index contributed by atoms with van der Waals surface area (Å²) in [5.74, 6) is 1.74. The Hall–Kier alpha value is -2.31. The zero-order valence-corrected chi connectivity index (χ0v) is 14.1. The maximum absolute atomic E-state index is 13.6. The van der Waals surface area contributed by atoms with Gasteiger partial charge in [0.25, 0.3) is 0 Å². The molecule has 1 aliphatic heterocycles. The molecule has 0 aliphatic carbocycles. The molecule has 2 atom stereocenters. The summed E-state index contributed by atoms with van der Waals surface area (Å²) in [6, 6.07) is 12.0. The predicted molar refractivity (Wildman–Crippen MR) is 91.6 cm³/mol. The van der Waals surface area contributed by atoms with Gasteiger partial charge in [0.15, 0.2) is 11.5 Å². The molecule has 1 heterocycles. The fraction of sp³-hybridized carbons (Fsp3) is 0.368. The molecule has 0 saturated carbocycles. The molecular formula is C19H22FNO4. The molecule has 25 heavy (non-hydrogen) atoms. The lowest BCUT2D eigenvalue weighted by molar-refractivity contribution is 0.104. The minimum Gasteiger partial charge on any atom is -0.491 e. The highest BCUT2D eigenvalue weighted by molar-refractivity contribution is 5.46. The lowest BCUT2D eigenvalue weighted by Crippen LogP contribution is -2.37. The van der Waals surface area contributed by atoms with Crippen molar-refractivity contribution in [1.29, 1.82) is 0 Å². The molecule has 0 saturated heterocycles. The molecule has 134 valence electrons. The molecule has 6 heteroatoms. The summed E-state index contributed by atoms with van der Waals surface area (Å²) in [5, 5.41) is 13.3. The topological polar surface area (TPSA) is 60.0 Å². The molecule has 3 rings (SSSR count). The third kappa shape index (κ3) is 4.84. The van der Waals surface area contributed by atoms with Crippen LogP contribution in [0.15, 0.2) is 42.5 Å². The second kappa shape index (κ2) is 8.18. The maximum Gasteiger partial charge on any atom is 0.231 e. The molecule has 0 amide bonds. The van der Waals surface area contributed by atoms with E-state index in [4.69, 9.17) is 14.2 Å². The van der Waals surface area contributed by atoms with Crippen LogP contribution < -0.4 is 19.5 Å². The van der Waals surface area contributed by atoms with Crippen LogP contribution in [0, 0.1) is 5.82 Å². The van der Waals surface area contributed by atoms with Gasteiger partial charge in [-0.2, -0.15) is 0 Å². The number of hydrogen-bond acceptors (Lipinski definition) is 5. The predicted octanol–water partition coefficient (Wildman–Crippen LogP) is 2.51. The lowest BCUT2D eigenvalue weighted by Gasteiger charge is -2.18. The van der Waals surface area contributed by atoms with Gasteiger partial charge in [-0.1, -0.05) is 18.2 Å². The maximum atomic E-state index is 13.6. The molecule has 2 aromatic rings. The zero-order valence-electron chi connectivity index (χ0n) is 14.1. The highest BCUT2D eigenvalue weighted by atomic mass is 19.1. The van der Waals surface area contributed by atoms with Crippen LogP contribution in [0.3, 0.4) is 0 Å². The number of halogens is 1. The van der Waals surface area contributed by atoms with Gasteiger partial charge in [-0.25, -0.2) is 4.39 Å². The van der Waals surface area contributed by atoms with Gasteiger partial charge >= 0.3 is 0 Å². The molecule has 1 aliphatic rings. The second-order valence-electron chi connectivity index (χ2n) is 6.08. The van der Waals surface area contributed by atoms with Crippen molar-refractivity contribution in [3.63, 3.8) is 0 Å². The first-order valence-electron chi connectivity index (χ1n) is 8.29. The average molecular weight is 347 g/mol. The van der Waals surface area contributed by atoms with E-state index in [0.717, 1.165) is 0 Å². The molecule has 2 aromatic carbocycles. The average Bonchev–Trinajstić information content (AvgIpc) is 3.08. The van der Waals surface area contributed by atoms with E-state index in [1.807, 2.05) is 13.0 Å². The van der Waals surface area contributed by atoms with Crippen LogP contribution in [0.1, 0.15) is 12.5 Å². The summed E-state index contributed by atoms with van der Waals surface area (Å²) in [6.45, 7) is 2.68. The van der Waals surface area contributed by atoms with Gasteiger partial charge in [0.2, 0.25) is 6.79 Å². The van der Waals surface area contributed by atoms with Gasteiger partial charge in [0, 0.05) is 18.7 Å². The lowest BCUT2D eigenvalue weighted by atomic mass is 10.1. The van der Waals surface area contributed by atoms with E-state index in [1.54, 1.807) is 30.3 Å². The van der Waals surface area contributed by atoms with E-state index in [0.29, 0.717) is 35.8 Å². The Labute approximate surface area is 146 Å². The first kappa shape index (κ1) is 17.5. The van der Waals surface area contributed by atoms with E-state index in [9.17, 15) is 9.50 Å². The summed E-state index contributed by atoms with van der Waals surface area (Å²) in [6.07, 6.45) is -0.115. The Morgan fingerprint density at radius 1 is 1.20 bits per heavy atom. The van der Waals surface area contributed by atoms with Crippen molar-refractivity contribution in [2.45, 2.75) is 25.5 Å². The van der Waals surface area contributed by atoms with Gasteiger partial charge in [0.05, 0.1) is 0 Å². The number of nitrogens with one attached hydrogen (secondary N) is 1. The minimum absolute atomic E-state index is 0.0390. The number of rotatable bonds is 8. The number of fused-ring (bicyclic) bond motifs is 1. The smallest absolute Gasteiger partial charge is 0.231 e. The van der Waals surface area contributed by atoms with Crippen LogP contribution in [0.5, 0.6) is 17.2 Å². The Balaban J connectivity index is 1.40. The summed E-state index contributed by atoms with van der Waals surface area (Å²) in [5.41, 5.74) is 0.661. The fourth-order valence-corrected chi connectivity index (χ4v) is 2.62. The van der Waals surface area contributed by atoms with Crippen LogP contribution in [0.25, 0.3) is 0 Å². The van der Waals surface area contributed by atoms with Crippen LogP contribution in [-0.2, 0) is 6.42 Å². The van der Waals surface area contributed by atoms with Crippen molar-refractivity contribution in [2.24, 2.45) is 0 Å². The standard InChI is InChI=1S/C19H22FNO4/c1-13(8-14-4-2-3-5-17(14)20)21-10-15(22)11-23-16-6-7-18-19(9-16)25-12-24-18/h2-7,9,13,15,21-22H,8,10-12H2,1H3. The van der Waals surface area contributed by atoms with Gasteiger partial charge < -0.3 is 24.6 Å². The summed E-state index contributed by atoms with van der Waals surface area (Å²) in [4.78, 5) is 0. The number of benzene rings is 2. The van der Waals surface area contributed by atoms with Gasteiger partial charge in [0.1, 0.15) is 24.3 Å². The van der Waals surface area contributed by atoms with Crippen molar-refractivity contribution in [3.8, 4) is 17.2 Å². The van der Waals surface area contributed by atoms with E-state index >= 15 is 0 Å². The molecule has 0 fully saturated rings. The highest BCUT2D eigenvalue weighted by Gasteiger charge is 2.15. The Morgan fingerprint density at radius 3 is 2.84 bits per heavy atom. The van der Waals surface area contributed by atoms with Crippen molar-refractivity contribution < 1.29 is 23.7 Å². The van der Waals surface area contributed by atoms with E-state index in [1.165, 1.54) is 6.07 Å². The first-order valence-corrected chi connectivity index (χ1v) is 8.29. The van der Waals surface area contributed by atoms with Gasteiger partial charge in [-0.05, 0) is 37.1 Å². The molecular weight excluding hydrogens is 325 g/mol. The SMILES string of the molecule is CC(Cc1ccccc1F)NCC(O)COc1ccc2c(c1)OCO2. The van der Waals surface area contributed by atoms with Crippen LogP contribution in [0.2, 0.25) is 0 Å². The molecule has 2 unspecified atom stereocenters. The van der Waals surface area contributed by atoms with Crippen molar-refractivity contribution in [2.75, 3.05) is 19.9 Å². The quantitative estimate of drug-likeness (QED) is 0.768. The van der Waals surface area contributed by atoms with Gasteiger partial charge in [-0.3, -0.25) is 0 Å². The normalized spacial score (nSPS) is 15.0. The second-order valence-corrected chi connectivity index (χ2v) is 6.08. The summed E-state index contributed by atoms with van der Waals surface area (Å²) in [7, 11) is 0. The summed E-state index contributed by atoms with van der Waals surface area (Å²) >= 11 is 0. The molecule has 5 nitrogen and oxygen atoms in total. The Morgan fingerprint density at radius 2 is 2.00 bits per heavy atom.